The van der Waals surface area contributed by atoms with Gasteiger partial charge in [0.05, 0.1) is 0 Å². The van der Waals surface area contributed by atoms with Gasteiger partial charge in [-0.1, -0.05) is 41.1 Å². The summed E-state index contributed by atoms with van der Waals surface area (Å²) in [6.45, 7) is 0. The molecule has 0 saturated carbocycles. The van der Waals surface area contributed by atoms with Crippen molar-refractivity contribution in [2.24, 2.45) is 0 Å². The van der Waals surface area contributed by atoms with Crippen LogP contribution in [0.1, 0.15) is 16.4 Å². The minimum atomic E-state index is -4.48. The number of benzene rings is 1. The standard InChI is InChI=1S/C11H6ClF3N4S/c12-7-4-2-1-3-6(7)5-8-16-17-10-19(8)18-9(20-10)11(13,14)15/h1-4H,5H2. The third kappa shape index (κ3) is 2.36. The lowest BCUT2D eigenvalue weighted by Gasteiger charge is -2.01. The molecule has 2 heterocycles. The van der Waals surface area contributed by atoms with Gasteiger partial charge in [0.2, 0.25) is 9.97 Å². The highest BCUT2D eigenvalue weighted by Gasteiger charge is 2.36. The average molecular weight is 319 g/mol. The van der Waals surface area contributed by atoms with E-state index in [1.165, 1.54) is 0 Å². The number of rotatable bonds is 2. The van der Waals surface area contributed by atoms with E-state index < -0.39 is 11.2 Å². The Balaban J connectivity index is 2.00. The van der Waals surface area contributed by atoms with Crippen molar-refractivity contribution >= 4 is 27.9 Å². The van der Waals surface area contributed by atoms with E-state index in [0.717, 1.165) is 10.1 Å². The molecule has 0 bridgehead atoms. The summed E-state index contributed by atoms with van der Waals surface area (Å²) in [6.07, 6.45) is -4.21. The molecule has 0 atom stereocenters. The Morgan fingerprint density at radius 1 is 1.20 bits per heavy atom. The van der Waals surface area contributed by atoms with Crippen molar-refractivity contribution in [1.29, 1.82) is 0 Å². The molecule has 0 saturated heterocycles. The second kappa shape index (κ2) is 4.71. The molecule has 4 nitrogen and oxygen atoms in total. The molecule has 0 unspecified atom stereocenters. The number of fused-ring (bicyclic) bond motifs is 1. The summed E-state index contributed by atoms with van der Waals surface area (Å²) in [5, 5.41) is 10.6. The number of hydrogen-bond donors (Lipinski definition) is 0. The molecule has 0 radical (unpaired) electrons. The Bertz CT molecular complexity index is 764. The third-order valence-corrected chi connectivity index (χ3v) is 3.92. The van der Waals surface area contributed by atoms with Gasteiger partial charge in [-0.25, -0.2) is 0 Å². The summed E-state index contributed by atoms with van der Waals surface area (Å²) in [4.78, 5) is 0.111. The lowest BCUT2D eigenvalue weighted by molar-refractivity contribution is -0.138. The highest BCUT2D eigenvalue weighted by atomic mass is 35.5. The summed E-state index contributed by atoms with van der Waals surface area (Å²) >= 11 is 6.47. The quantitative estimate of drug-likeness (QED) is 0.727. The predicted octanol–water partition coefficient (Wildman–Crippen LogP) is 3.45. The lowest BCUT2D eigenvalue weighted by atomic mass is 10.1. The van der Waals surface area contributed by atoms with E-state index in [1.807, 2.05) is 0 Å². The molecule has 0 N–H and O–H groups in total. The zero-order valence-electron chi connectivity index (χ0n) is 9.73. The van der Waals surface area contributed by atoms with Gasteiger partial charge in [-0.3, -0.25) is 0 Å². The van der Waals surface area contributed by atoms with Crippen LogP contribution in [0, 0.1) is 0 Å². The van der Waals surface area contributed by atoms with Crippen LogP contribution < -0.4 is 0 Å². The van der Waals surface area contributed by atoms with Gasteiger partial charge < -0.3 is 0 Å². The first-order valence-electron chi connectivity index (χ1n) is 5.47. The molecule has 0 fully saturated rings. The second-order valence-corrected chi connectivity index (χ2v) is 5.35. The van der Waals surface area contributed by atoms with E-state index >= 15 is 0 Å². The minimum absolute atomic E-state index is 0.111. The van der Waals surface area contributed by atoms with Crippen LogP contribution in [0.25, 0.3) is 4.96 Å². The SMILES string of the molecule is FC(F)(F)c1nn2c(Cc3ccccc3Cl)nnc2s1. The summed E-state index contributed by atoms with van der Waals surface area (Å²) in [5.41, 5.74) is 0.755. The fourth-order valence-electron chi connectivity index (χ4n) is 1.69. The van der Waals surface area contributed by atoms with Crippen LogP contribution in [-0.4, -0.2) is 19.8 Å². The summed E-state index contributed by atoms with van der Waals surface area (Å²) < 4.78 is 38.9. The smallest absolute Gasteiger partial charge is 0.187 e. The Kier molecular flexibility index (Phi) is 3.14. The topological polar surface area (TPSA) is 43.1 Å². The van der Waals surface area contributed by atoms with Gasteiger partial charge in [-0.05, 0) is 11.6 Å². The zero-order valence-corrected chi connectivity index (χ0v) is 11.3. The largest absolute Gasteiger partial charge is 0.445 e. The second-order valence-electron chi connectivity index (χ2n) is 3.98. The summed E-state index contributed by atoms with van der Waals surface area (Å²) in [5.74, 6) is 0.319. The van der Waals surface area contributed by atoms with Crippen molar-refractivity contribution in [2.75, 3.05) is 0 Å². The van der Waals surface area contributed by atoms with Crippen molar-refractivity contribution < 1.29 is 13.2 Å². The Morgan fingerprint density at radius 3 is 2.65 bits per heavy atom. The van der Waals surface area contributed by atoms with Crippen molar-refractivity contribution in [3.8, 4) is 0 Å². The predicted molar refractivity (Wildman–Crippen MR) is 67.9 cm³/mol. The lowest BCUT2D eigenvalue weighted by Crippen LogP contribution is -2.06. The minimum Gasteiger partial charge on any atom is -0.187 e. The fraction of sp³-hybridized carbons (Fsp3) is 0.182. The summed E-state index contributed by atoms with van der Waals surface area (Å²) in [6, 6.07) is 7.05. The van der Waals surface area contributed by atoms with Gasteiger partial charge in [-0.15, -0.1) is 15.3 Å². The molecule has 0 spiro atoms. The van der Waals surface area contributed by atoms with Crippen molar-refractivity contribution in [3.05, 3.63) is 45.7 Å². The molecule has 9 heteroatoms. The van der Waals surface area contributed by atoms with Crippen LogP contribution in [0.2, 0.25) is 5.02 Å². The first-order valence-corrected chi connectivity index (χ1v) is 6.66. The highest BCUT2D eigenvalue weighted by Crippen LogP contribution is 2.32. The van der Waals surface area contributed by atoms with E-state index in [-0.39, 0.29) is 11.4 Å². The van der Waals surface area contributed by atoms with Crippen LogP contribution in [-0.2, 0) is 12.6 Å². The molecule has 0 aliphatic carbocycles. The van der Waals surface area contributed by atoms with Gasteiger partial charge in [0.15, 0.2) is 5.82 Å². The van der Waals surface area contributed by atoms with Gasteiger partial charge in [0.25, 0.3) is 0 Å². The van der Waals surface area contributed by atoms with Crippen LogP contribution in [0.5, 0.6) is 0 Å². The van der Waals surface area contributed by atoms with E-state index in [4.69, 9.17) is 11.6 Å². The molecule has 104 valence electrons. The molecule has 0 amide bonds. The van der Waals surface area contributed by atoms with Crippen molar-refractivity contribution in [2.45, 2.75) is 12.6 Å². The van der Waals surface area contributed by atoms with E-state index in [0.29, 0.717) is 22.2 Å². The van der Waals surface area contributed by atoms with Crippen LogP contribution in [0.3, 0.4) is 0 Å². The van der Waals surface area contributed by atoms with Crippen molar-refractivity contribution in [3.63, 3.8) is 0 Å². The van der Waals surface area contributed by atoms with Crippen molar-refractivity contribution in [1.82, 2.24) is 19.8 Å². The summed E-state index contributed by atoms with van der Waals surface area (Å²) in [7, 11) is 0. The molecule has 20 heavy (non-hydrogen) atoms. The number of nitrogens with zero attached hydrogens (tertiary/aromatic N) is 4. The normalized spacial score (nSPS) is 12.2. The van der Waals surface area contributed by atoms with Gasteiger partial charge in [-0.2, -0.15) is 17.7 Å². The average Bonchev–Trinajstić information content (AvgIpc) is 2.93. The molecular formula is C11H6ClF3N4S. The van der Waals surface area contributed by atoms with E-state index in [9.17, 15) is 13.2 Å². The molecule has 3 rings (SSSR count). The van der Waals surface area contributed by atoms with Crippen LogP contribution in [0.4, 0.5) is 13.2 Å². The first kappa shape index (κ1) is 13.3. The van der Waals surface area contributed by atoms with E-state index in [1.54, 1.807) is 24.3 Å². The molecular weight excluding hydrogens is 313 g/mol. The highest BCUT2D eigenvalue weighted by molar-refractivity contribution is 7.16. The fourth-order valence-corrected chi connectivity index (χ4v) is 2.62. The maximum atomic E-state index is 12.6. The maximum Gasteiger partial charge on any atom is 0.445 e. The molecule has 3 aromatic rings. The Hall–Kier alpha value is -1.67. The number of aromatic nitrogens is 4. The van der Waals surface area contributed by atoms with Crippen LogP contribution >= 0.6 is 22.9 Å². The zero-order chi connectivity index (χ0) is 14.3. The van der Waals surface area contributed by atoms with Gasteiger partial charge in [0, 0.05) is 11.4 Å². The number of halogens is 4. The Morgan fingerprint density at radius 2 is 1.95 bits per heavy atom. The number of alkyl halides is 3. The number of hydrogen-bond acceptors (Lipinski definition) is 4. The van der Waals surface area contributed by atoms with Gasteiger partial charge >= 0.3 is 6.18 Å². The maximum absolute atomic E-state index is 12.6. The first-order chi connectivity index (χ1) is 9.45. The molecule has 2 aromatic heterocycles. The van der Waals surface area contributed by atoms with E-state index in [2.05, 4.69) is 15.3 Å². The molecule has 0 aliphatic heterocycles. The van der Waals surface area contributed by atoms with Crippen LogP contribution in [0.15, 0.2) is 24.3 Å². The van der Waals surface area contributed by atoms with Gasteiger partial charge in [0.1, 0.15) is 0 Å². The Labute approximate surface area is 119 Å². The third-order valence-electron chi connectivity index (χ3n) is 2.60. The molecule has 1 aromatic carbocycles. The monoisotopic (exact) mass is 318 g/mol. The molecule has 0 aliphatic rings.